The van der Waals surface area contributed by atoms with Gasteiger partial charge in [-0.3, -0.25) is 4.84 Å². The Morgan fingerprint density at radius 1 is 1.33 bits per heavy atom. The van der Waals surface area contributed by atoms with Crippen molar-refractivity contribution < 1.29 is 14.0 Å². The number of aryl methyl sites for hydroxylation is 1. The minimum absolute atomic E-state index is 0.295. The highest BCUT2D eigenvalue weighted by Gasteiger charge is 2.26. The molecular formula is C11H16FNO2. The molecule has 0 unspecified atom stereocenters. The van der Waals surface area contributed by atoms with Crippen LogP contribution in [0.5, 0.6) is 5.75 Å². The van der Waals surface area contributed by atoms with E-state index >= 15 is 0 Å². The summed E-state index contributed by atoms with van der Waals surface area (Å²) in [7, 11) is 1.53. The highest BCUT2D eigenvalue weighted by atomic mass is 19.1. The van der Waals surface area contributed by atoms with E-state index < -0.39 is 5.60 Å². The quantitative estimate of drug-likeness (QED) is 0.783. The van der Waals surface area contributed by atoms with Crippen LogP contribution in [-0.2, 0) is 10.4 Å². The van der Waals surface area contributed by atoms with Crippen LogP contribution < -0.4 is 10.6 Å². The average Bonchev–Trinajstić information content (AvgIpc) is 2.21. The highest BCUT2D eigenvalue weighted by Crippen LogP contribution is 2.33. The Kier molecular flexibility index (Phi) is 3.31. The van der Waals surface area contributed by atoms with Gasteiger partial charge in [0.05, 0.1) is 7.11 Å². The van der Waals surface area contributed by atoms with Gasteiger partial charge >= 0.3 is 0 Å². The van der Waals surface area contributed by atoms with Gasteiger partial charge in [0, 0.05) is 5.56 Å². The van der Waals surface area contributed by atoms with Crippen molar-refractivity contribution in [3.05, 3.63) is 29.1 Å². The molecule has 4 heteroatoms. The fraction of sp³-hybridized carbons (Fsp3) is 0.455. The lowest BCUT2D eigenvalue weighted by Gasteiger charge is -2.24. The van der Waals surface area contributed by atoms with Gasteiger partial charge in [0.25, 0.3) is 0 Å². The molecule has 0 spiro atoms. The molecule has 0 radical (unpaired) electrons. The van der Waals surface area contributed by atoms with Crippen LogP contribution in [0.4, 0.5) is 4.39 Å². The largest absolute Gasteiger partial charge is 0.496 e. The van der Waals surface area contributed by atoms with Crippen LogP contribution >= 0.6 is 0 Å². The number of halogens is 1. The molecule has 0 atom stereocenters. The van der Waals surface area contributed by atoms with E-state index in [-0.39, 0.29) is 5.82 Å². The van der Waals surface area contributed by atoms with Gasteiger partial charge in [0.1, 0.15) is 17.2 Å². The third-order valence-electron chi connectivity index (χ3n) is 2.42. The molecule has 0 fully saturated rings. The summed E-state index contributed by atoms with van der Waals surface area (Å²) in [4.78, 5) is 4.81. The zero-order chi connectivity index (χ0) is 11.6. The molecule has 0 aliphatic carbocycles. The number of hydrogen-bond donors (Lipinski definition) is 1. The first-order chi connectivity index (χ1) is 6.92. The Hall–Kier alpha value is -1.13. The van der Waals surface area contributed by atoms with E-state index in [1.165, 1.54) is 13.2 Å². The smallest absolute Gasteiger partial charge is 0.126 e. The molecule has 0 saturated carbocycles. The number of ether oxygens (including phenoxy) is 1. The van der Waals surface area contributed by atoms with Crippen LogP contribution in [0, 0.1) is 12.7 Å². The number of benzene rings is 1. The van der Waals surface area contributed by atoms with E-state index in [1.54, 1.807) is 26.8 Å². The van der Waals surface area contributed by atoms with Crippen molar-refractivity contribution in [1.29, 1.82) is 0 Å². The summed E-state index contributed by atoms with van der Waals surface area (Å²) in [5.74, 6) is 5.45. The Morgan fingerprint density at radius 2 is 1.93 bits per heavy atom. The van der Waals surface area contributed by atoms with E-state index in [4.69, 9.17) is 15.5 Å². The minimum Gasteiger partial charge on any atom is -0.496 e. The average molecular weight is 213 g/mol. The van der Waals surface area contributed by atoms with Gasteiger partial charge in [-0.2, -0.15) is 0 Å². The van der Waals surface area contributed by atoms with Crippen molar-refractivity contribution >= 4 is 0 Å². The predicted octanol–water partition coefficient (Wildman–Crippen LogP) is 2.27. The van der Waals surface area contributed by atoms with Crippen molar-refractivity contribution in [2.45, 2.75) is 26.4 Å². The first-order valence-corrected chi connectivity index (χ1v) is 4.65. The minimum atomic E-state index is -0.778. The molecule has 15 heavy (non-hydrogen) atoms. The molecule has 0 amide bonds. The molecule has 3 nitrogen and oxygen atoms in total. The Bertz CT molecular complexity index is 364. The molecule has 1 aromatic carbocycles. The molecule has 0 aliphatic heterocycles. The van der Waals surface area contributed by atoms with Gasteiger partial charge in [0.2, 0.25) is 0 Å². The maximum atomic E-state index is 13.4. The second-order valence-electron chi connectivity index (χ2n) is 3.93. The highest BCUT2D eigenvalue weighted by molar-refractivity contribution is 5.41. The van der Waals surface area contributed by atoms with Crippen molar-refractivity contribution in [3.8, 4) is 5.75 Å². The summed E-state index contributed by atoms with van der Waals surface area (Å²) in [5, 5.41) is 0. The first kappa shape index (κ1) is 11.9. The molecule has 0 aliphatic rings. The van der Waals surface area contributed by atoms with Crippen molar-refractivity contribution in [2.75, 3.05) is 7.11 Å². The van der Waals surface area contributed by atoms with Crippen LogP contribution in [0.1, 0.15) is 25.0 Å². The lowest BCUT2D eigenvalue weighted by molar-refractivity contribution is -0.0253. The van der Waals surface area contributed by atoms with Crippen molar-refractivity contribution in [2.24, 2.45) is 5.90 Å². The third-order valence-corrected chi connectivity index (χ3v) is 2.42. The molecule has 1 rings (SSSR count). The fourth-order valence-corrected chi connectivity index (χ4v) is 1.36. The Balaban J connectivity index is 3.34. The lowest BCUT2D eigenvalue weighted by atomic mass is 9.95. The molecule has 2 N–H and O–H groups in total. The maximum Gasteiger partial charge on any atom is 0.126 e. The van der Waals surface area contributed by atoms with E-state index in [0.29, 0.717) is 16.9 Å². The number of hydrogen-bond acceptors (Lipinski definition) is 3. The van der Waals surface area contributed by atoms with E-state index in [0.717, 1.165) is 0 Å². The third kappa shape index (κ3) is 2.27. The lowest BCUT2D eigenvalue weighted by Crippen LogP contribution is -2.26. The molecule has 84 valence electrons. The summed E-state index contributed by atoms with van der Waals surface area (Å²) in [5.41, 5.74) is 0.346. The fourth-order valence-electron chi connectivity index (χ4n) is 1.36. The summed E-state index contributed by atoms with van der Waals surface area (Å²) in [6.45, 7) is 5.18. The van der Waals surface area contributed by atoms with Gasteiger partial charge in [-0.05, 0) is 38.5 Å². The van der Waals surface area contributed by atoms with Crippen LogP contribution in [-0.4, -0.2) is 7.11 Å². The maximum absolute atomic E-state index is 13.4. The van der Waals surface area contributed by atoms with Gasteiger partial charge < -0.3 is 4.74 Å². The topological polar surface area (TPSA) is 44.5 Å². The zero-order valence-electron chi connectivity index (χ0n) is 9.43. The molecule has 0 bridgehead atoms. The Morgan fingerprint density at radius 3 is 2.40 bits per heavy atom. The second kappa shape index (κ2) is 4.16. The SMILES string of the molecule is COc1cc(C)c(F)cc1C(C)(C)ON. The van der Waals surface area contributed by atoms with E-state index in [9.17, 15) is 4.39 Å². The standard InChI is InChI=1S/C11H16FNO2/c1-7-5-10(14-4)8(6-9(7)12)11(2,3)15-13/h5-6H,13H2,1-4H3. The van der Waals surface area contributed by atoms with Crippen molar-refractivity contribution in [3.63, 3.8) is 0 Å². The zero-order valence-corrected chi connectivity index (χ0v) is 9.43. The molecule has 0 aromatic heterocycles. The second-order valence-corrected chi connectivity index (χ2v) is 3.93. The predicted molar refractivity (Wildman–Crippen MR) is 56.0 cm³/mol. The summed E-state index contributed by atoms with van der Waals surface area (Å²) in [6, 6.07) is 3.02. The van der Waals surface area contributed by atoms with E-state index in [2.05, 4.69) is 0 Å². The van der Waals surface area contributed by atoms with Gasteiger partial charge in [-0.15, -0.1) is 0 Å². The Labute approximate surface area is 88.9 Å². The number of rotatable bonds is 3. The van der Waals surface area contributed by atoms with Crippen LogP contribution in [0.3, 0.4) is 0 Å². The van der Waals surface area contributed by atoms with Gasteiger partial charge in [-0.25, -0.2) is 10.3 Å². The normalized spacial score (nSPS) is 11.6. The van der Waals surface area contributed by atoms with Crippen molar-refractivity contribution in [1.82, 2.24) is 0 Å². The molecule has 0 saturated heterocycles. The van der Waals surface area contributed by atoms with Crippen LogP contribution in [0.15, 0.2) is 12.1 Å². The molecular weight excluding hydrogens is 197 g/mol. The molecule has 0 heterocycles. The van der Waals surface area contributed by atoms with Gasteiger partial charge in [0.15, 0.2) is 0 Å². The number of nitrogens with two attached hydrogens (primary N) is 1. The molecule has 1 aromatic rings. The monoisotopic (exact) mass is 213 g/mol. The van der Waals surface area contributed by atoms with E-state index in [1.807, 2.05) is 0 Å². The van der Waals surface area contributed by atoms with Crippen LogP contribution in [0.25, 0.3) is 0 Å². The first-order valence-electron chi connectivity index (χ1n) is 4.65. The van der Waals surface area contributed by atoms with Crippen LogP contribution in [0.2, 0.25) is 0 Å². The van der Waals surface area contributed by atoms with Gasteiger partial charge in [-0.1, -0.05) is 0 Å². The summed E-state index contributed by atoms with van der Waals surface area (Å²) in [6.07, 6.45) is 0. The number of methoxy groups -OCH3 is 1. The summed E-state index contributed by atoms with van der Waals surface area (Å²) >= 11 is 0. The summed E-state index contributed by atoms with van der Waals surface area (Å²) < 4.78 is 18.6.